The van der Waals surface area contributed by atoms with Crippen LogP contribution in [0.1, 0.15) is 0 Å². The highest BCUT2D eigenvalue weighted by molar-refractivity contribution is 5.92. The lowest BCUT2D eigenvalue weighted by Crippen LogP contribution is -2.26. The molecule has 3 heteroatoms. The van der Waals surface area contributed by atoms with E-state index < -0.39 is 0 Å². The summed E-state index contributed by atoms with van der Waals surface area (Å²) in [5.74, 6) is -0.306. The normalized spacial score (nSPS) is 30.0. The minimum absolute atomic E-state index is 0.106. The van der Waals surface area contributed by atoms with Gasteiger partial charge in [0.1, 0.15) is 12.9 Å². The highest BCUT2D eigenvalue weighted by Crippen LogP contribution is 2.29. The minimum atomic E-state index is -0.274. The second kappa shape index (κ2) is 3.62. The molecule has 0 bridgehead atoms. The van der Waals surface area contributed by atoms with Crippen LogP contribution in [0.2, 0.25) is 0 Å². The van der Waals surface area contributed by atoms with E-state index in [1.54, 1.807) is 18.4 Å². The molecule has 0 saturated heterocycles. The van der Waals surface area contributed by atoms with E-state index in [4.69, 9.17) is 4.74 Å². The standard InChI is InChI=1S/C11H10O3/c12-5-1-2-8-3-4-9-6-14-7-10(9)11(8)13/h1-6,8,10H,7H2/b2-1+. The maximum atomic E-state index is 11.8. The van der Waals surface area contributed by atoms with Crippen molar-refractivity contribution in [2.45, 2.75) is 0 Å². The Morgan fingerprint density at radius 1 is 1.50 bits per heavy atom. The van der Waals surface area contributed by atoms with Crippen LogP contribution in [0.5, 0.6) is 0 Å². The smallest absolute Gasteiger partial charge is 0.154 e. The molecule has 1 heterocycles. The fraction of sp³-hybridized carbons (Fsp3) is 0.273. The Morgan fingerprint density at radius 2 is 2.36 bits per heavy atom. The molecule has 0 amide bonds. The average molecular weight is 190 g/mol. The number of ether oxygens (including phenoxy) is 1. The SMILES string of the molecule is O=C/C=C/C1C=CC2=COCC2C1=O. The number of Topliss-reactive ketones (excluding diaryl/α,β-unsaturated/α-hetero) is 1. The first kappa shape index (κ1) is 8.94. The van der Waals surface area contributed by atoms with Crippen LogP contribution < -0.4 is 0 Å². The Bertz CT molecular complexity index is 350. The number of aldehydes is 1. The third-order valence-electron chi connectivity index (χ3n) is 2.45. The predicted octanol–water partition coefficient (Wildman–Crippen LogP) is 1.03. The molecule has 2 rings (SSSR count). The molecule has 0 aromatic carbocycles. The zero-order chi connectivity index (χ0) is 9.97. The molecule has 0 N–H and O–H groups in total. The zero-order valence-electron chi connectivity index (χ0n) is 7.55. The Kier molecular flexibility index (Phi) is 2.31. The molecule has 1 aliphatic carbocycles. The van der Waals surface area contributed by atoms with E-state index in [2.05, 4.69) is 0 Å². The van der Waals surface area contributed by atoms with Crippen LogP contribution in [0, 0.1) is 11.8 Å². The first-order valence-corrected chi connectivity index (χ1v) is 4.48. The molecule has 0 aromatic heterocycles. The number of ketones is 1. The predicted molar refractivity (Wildman–Crippen MR) is 50.4 cm³/mol. The van der Waals surface area contributed by atoms with E-state index in [-0.39, 0.29) is 17.6 Å². The lowest BCUT2D eigenvalue weighted by Gasteiger charge is -2.17. The number of hydrogen-bond donors (Lipinski definition) is 0. The number of hydrogen-bond acceptors (Lipinski definition) is 3. The average Bonchev–Trinajstić information content (AvgIpc) is 2.66. The van der Waals surface area contributed by atoms with Gasteiger partial charge < -0.3 is 4.74 Å². The summed E-state index contributed by atoms with van der Waals surface area (Å²) >= 11 is 0. The van der Waals surface area contributed by atoms with Gasteiger partial charge in [0, 0.05) is 5.57 Å². The number of fused-ring (bicyclic) bond motifs is 1. The molecular weight excluding hydrogens is 180 g/mol. The fourth-order valence-electron chi connectivity index (χ4n) is 1.69. The van der Waals surface area contributed by atoms with Gasteiger partial charge >= 0.3 is 0 Å². The van der Waals surface area contributed by atoms with Gasteiger partial charge in [-0.25, -0.2) is 0 Å². The summed E-state index contributed by atoms with van der Waals surface area (Å²) in [7, 11) is 0. The lowest BCUT2D eigenvalue weighted by molar-refractivity contribution is -0.123. The topological polar surface area (TPSA) is 43.4 Å². The molecule has 2 atom stereocenters. The van der Waals surface area contributed by atoms with Gasteiger partial charge in [-0.15, -0.1) is 0 Å². The summed E-state index contributed by atoms with van der Waals surface area (Å²) in [5, 5.41) is 0. The zero-order valence-corrected chi connectivity index (χ0v) is 7.55. The van der Waals surface area contributed by atoms with E-state index in [9.17, 15) is 9.59 Å². The van der Waals surface area contributed by atoms with Gasteiger partial charge in [-0.05, 0) is 6.08 Å². The molecule has 0 fully saturated rings. The van der Waals surface area contributed by atoms with E-state index in [1.165, 1.54) is 6.08 Å². The summed E-state index contributed by atoms with van der Waals surface area (Å²) in [6.07, 6.45) is 8.95. The Hall–Kier alpha value is -1.64. The van der Waals surface area contributed by atoms with Crippen molar-refractivity contribution in [1.82, 2.24) is 0 Å². The third kappa shape index (κ3) is 1.41. The maximum absolute atomic E-state index is 11.8. The van der Waals surface area contributed by atoms with Crippen molar-refractivity contribution in [1.29, 1.82) is 0 Å². The van der Waals surface area contributed by atoms with Crippen molar-refractivity contribution in [2.24, 2.45) is 11.8 Å². The van der Waals surface area contributed by atoms with Gasteiger partial charge in [-0.1, -0.05) is 18.2 Å². The van der Waals surface area contributed by atoms with Crippen molar-refractivity contribution in [3.05, 3.63) is 36.1 Å². The highest BCUT2D eigenvalue weighted by atomic mass is 16.5. The quantitative estimate of drug-likeness (QED) is 0.482. The first-order valence-electron chi connectivity index (χ1n) is 4.48. The fourth-order valence-corrected chi connectivity index (χ4v) is 1.69. The lowest BCUT2D eigenvalue weighted by atomic mass is 9.83. The summed E-state index contributed by atoms with van der Waals surface area (Å²) in [6, 6.07) is 0. The molecule has 1 aliphatic heterocycles. The van der Waals surface area contributed by atoms with Crippen LogP contribution in [0.15, 0.2) is 36.1 Å². The summed E-state index contributed by atoms with van der Waals surface area (Å²) in [5.41, 5.74) is 0.936. The van der Waals surface area contributed by atoms with Crippen molar-refractivity contribution in [2.75, 3.05) is 6.61 Å². The van der Waals surface area contributed by atoms with Crippen molar-refractivity contribution >= 4 is 12.1 Å². The maximum Gasteiger partial charge on any atom is 0.154 e. The summed E-state index contributed by atoms with van der Waals surface area (Å²) < 4.78 is 5.09. The van der Waals surface area contributed by atoms with E-state index in [0.717, 1.165) is 5.57 Å². The molecule has 3 nitrogen and oxygen atoms in total. The molecule has 2 unspecified atom stereocenters. The molecule has 0 radical (unpaired) electrons. The second-order valence-electron chi connectivity index (χ2n) is 3.31. The largest absolute Gasteiger partial charge is 0.500 e. The molecular formula is C11H10O3. The Balaban J connectivity index is 2.21. The van der Waals surface area contributed by atoms with Gasteiger partial charge in [0.05, 0.1) is 18.1 Å². The monoisotopic (exact) mass is 190 g/mol. The van der Waals surface area contributed by atoms with Crippen LogP contribution in [-0.2, 0) is 14.3 Å². The van der Waals surface area contributed by atoms with Crippen molar-refractivity contribution in [3.63, 3.8) is 0 Å². The number of allylic oxidation sites excluding steroid dienone is 4. The molecule has 0 aromatic rings. The van der Waals surface area contributed by atoms with Gasteiger partial charge in [0.25, 0.3) is 0 Å². The Labute approximate surface area is 81.7 Å². The van der Waals surface area contributed by atoms with E-state index in [1.807, 2.05) is 6.08 Å². The summed E-state index contributed by atoms with van der Waals surface area (Å²) in [6.45, 7) is 0.434. The van der Waals surface area contributed by atoms with Crippen molar-refractivity contribution < 1.29 is 14.3 Å². The molecule has 14 heavy (non-hydrogen) atoms. The summed E-state index contributed by atoms with van der Waals surface area (Å²) in [4.78, 5) is 21.9. The van der Waals surface area contributed by atoms with Gasteiger partial charge in [-0.3, -0.25) is 9.59 Å². The van der Waals surface area contributed by atoms with Crippen LogP contribution >= 0.6 is 0 Å². The molecule has 0 spiro atoms. The number of carbonyl (C=O) groups excluding carboxylic acids is 2. The van der Waals surface area contributed by atoms with Crippen LogP contribution in [-0.4, -0.2) is 18.7 Å². The van der Waals surface area contributed by atoms with Crippen LogP contribution in [0.25, 0.3) is 0 Å². The van der Waals surface area contributed by atoms with Crippen molar-refractivity contribution in [3.8, 4) is 0 Å². The number of rotatable bonds is 2. The van der Waals surface area contributed by atoms with Crippen LogP contribution in [0.4, 0.5) is 0 Å². The third-order valence-corrected chi connectivity index (χ3v) is 2.45. The molecule has 72 valence electrons. The second-order valence-corrected chi connectivity index (χ2v) is 3.31. The van der Waals surface area contributed by atoms with Crippen LogP contribution in [0.3, 0.4) is 0 Å². The minimum Gasteiger partial charge on any atom is -0.500 e. The van der Waals surface area contributed by atoms with E-state index in [0.29, 0.717) is 12.9 Å². The Morgan fingerprint density at radius 3 is 3.14 bits per heavy atom. The number of carbonyl (C=O) groups is 2. The molecule has 0 saturated carbocycles. The van der Waals surface area contributed by atoms with Gasteiger partial charge in [0.15, 0.2) is 5.78 Å². The molecule has 2 aliphatic rings. The first-order chi connectivity index (χ1) is 6.83. The van der Waals surface area contributed by atoms with E-state index >= 15 is 0 Å². The highest BCUT2D eigenvalue weighted by Gasteiger charge is 2.32. The van der Waals surface area contributed by atoms with Gasteiger partial charge in [0.2, 0.25) is 0 Å². The van der Waals surface area contributed by atoms with Gasteiger partial charge in [-0.2, -0.15) is 0 Å².